The van der Waals surface area contributed by atoms with Gasteiger partial charge in [0.05, 0.1) is 6.10 Å². The maximum atomic E-state index is 11.8. The summed E-state index contributed by atoms with van der Waals surface area (Å²) >= 11 is 0. The van der Waals surface area contributed by atoms with Crippen molar-refractivity contribution in [3.8, 4) is 0 Å². The summed E-state index contributed by atoms with van der Waals surface area (Å²) in [5.74, 6) is 0.398. The number of rotatable bonds is 5. The lowest BCUT2D eigenvalue weighted by atomic mass is 9.80. The molecule has 0 radical (unpaired) electrons. The van der Waals surface area contributed by atoms with E-state index in [1.807, 2.05) is 0 Å². The molecule has 1 aliphatic rings. The van der Waals surface area contributed by atoms with Gasteiger partial charge in [-0.2, -0.15) is 0 Å². The van der Waals surface area contributed by atoms with Crippen molar-refractivity contribution >= 4 is 5.91 Å². The Hall–Kier alpha value is -0.830. The van der Waals surface area contributed by atoms with Gasteiger partial charge < -0.3 is 10.0 Å². The zero-order valence-corrected chi connectivity index (χ0v) is 12.0. The van der Waals surface area contributed by atoms with Crippen LogP contribution in [0.2, 0.25) is 0 Å². The molecule has 0 aromatic heterocycles. The minimum Gasteiger partial charge on any atom is -0.389 e. The maximum Gasteiger partial charge on any atom is 0.246 e. The van der Waals surface area contributed by atoms with Gasteiger partial charge in [0, 0.05) is 20.2 Å². The van der Waals surface area contributed by atoms with E-state index >= 15 is 0 Å². The van der Waals surface area contributed by atoms with Crippen LogP contribution in [0.4, 0.5) is 0 Å². The number of carbonyl (C=O) groups is 1. The number of likely N-dealkylation sites (N-methyl/N-ethyl adjacent to an activating group) is 1. The molecule has 3 nitrogen and oxygen atoms in total. The van der Waals surface area contributed by atoms with Crippen molar-refractivity contribution in [1.82, 2.24) is 4.90 Å². The highest BCUT2D eigenvalue weighted by Gasteiger charge is 2.23. The lowest BCUT2D eigenvalue weighted by Gasteiger charge is -2.28. The van der Waals surface area contributed by atoms with Crippen molar-refractivity contribution in [1.29, 1.82) is 0 Å². The van der Waals surface area contributed by atoms with Crippen LogP contribution >= 0.6 is 0 Å². The molecular formula is C15H27NO2. The molecule has 0 aromatic rings. The molecule has 0 aliphatic heterocycles. The number of aliphatic hydroxyl groups excluding tert-OH is 1. The van der Waals surface area contributed by atoms with E-state index in [0.29, 0.717) is 5.92 Å². The van der Waals surface area contributed by atoms with Crippen molar-refractivity contribution < 1.29 is 9.90 Å². The number of aliphatic hydroxyl groups is 1. The molecule has 1 unspecified atom stereocenters. The second-order valence-corrected chi connectivity index (χ2v) is 5.52. The van der Waals surface area contributed by atoms with E-state index in [1.165, 1.54) is 19.3 Å². The third-order valence-corrected chi connectivity index (χ3v) is 3.75. The van der Waals surface area contributed by atoms with E-state index in [4.69, 9.17) is 0 Å². The van der Waals surface area contributed by atoms with Crippen LogP contribution in [0.3, 0.4) is 0 Å². The van der Waals surface area contributed by atoms with Crippen molar-refractivity contribution in [2.75, 3.05) is 14.1 Å². The average molecular weight is 253 g/mol. The number of nitrogens with zero attached hydrogens (tertiary/aromatic N) is 1. The van der Waals surface area contributed by atoms with Crippen LogP contribution in [-0.4, -0.2) is 36.1 Å². The van der Waals surface area contributed by atoms with Crippen molar-refractivity contribution in [3.63, 3.8) is 0 Å². The van der Waals surface area contributed by atoms with Gasteiger partial charge in [0.15, 0.2) is 0 Å². The van der Waals surface area contributed by atoms with E-state index in [0.717, 1.165) is 31.3 Å². The molecule has 18 heavy (non-hydrogen) atoms. The third kappa shape index (κ3) is 4.45. The molecule has 0 spiro atoms. The molecule has 0 aromatic carbocycles. The van der Waals surface area contributed by atoms with Crippen LogP contribution in [0.15, 0.2) is 11.6 Å². The summed E-state index contributed by atoms with van der Waals surface area (Å²) in [5, 5.41) is 10.3. The number of carbonyl (C=O) groups excluding carboxylic acids is 1. The van der Waals surface area contributed by atoms with Crippen LogP contribution in [0.25, 0.3) is 0 Å². The maximum absolute atomic E-state index is 11.8. The first-order valence-electron chi connectivity index (χ1n) is 7.17. The minimum atomic E-state index is -0.443. The predicted molar refractivity (Wildman–Crippen MR) is 74.3 cm³/mol. The Kier molecular flexibility index (Phi) is 6.41. The number of hydrogen-bond acceptors (Lipinski definition) is 2. The molecule has 1 amide bonds. The molecule has 0 saturated heterocycles. The summed E-state index contributed by atoms with van der Waals surface area (Å²) in [5.41, 5.74) is 0.968. The van der Waals surface area contributed by atoms with E-state index < -0.39 is 6.10 Å². The van der Waals surface area contributed by atoms with Crippen molar-refractivity contribution in [2.24, 2.45) is 5.92 Å². The van der Waals surface area contributed by atoms with E-state index in [9.17, 15) is 9.90 Å². The summed E-state index contributed by atoms with van der Waals surface area (Å²) < 4.78 is 0. The Bertz CT molecular complexity index is 291. The first-order valence-corrected chi connectivity index (χ1v) is 7.17. The molecule has 1 fully saturated rings. The molecule has 1 saturated carbocycles. The van der Waals surface area contributed by atoms with Crippen LogP contribution in [0.5, 0.6) is 0 Å². The van der Waals surface area contributed by atoms with Gasteiger partial charge in [-0.25, -0.2) is 0 Å². The summed E-state index contributed by atoms with van der Waals surface area (Å²) in [4.78, 5) is 13.4. The smallest absolute Gasteiger partial charge is 0.246 e. The Labute approximate surface area is 111 Å². The average Bonchev–Trinajstić information content (AvgIpc) is 2.36. The first-order chi connectivity index (χ1) is 8.56. The topological polar surface area (TPSA) is 40.5 Å². The molecule has 104 valence electrons. The van der Waals surface area contributed by atoms with Crippen LogP contribution in [0, 0.1) is 5.92 Å². The number of amides is 1. The van der Waals surface area contributed by atoms with Crippen molar-refractivity contribution in [2.45, 2.75) is 58.0 Å². The Morgan fingerprint density at radius 1 is 1.33 bits per heavy atom. The minimum absolute atomic E-state index is 0.00859. The molecule has 3 heteroatoms. The number of hydrogen-bond donors (Lipinski definition) is 1. The van der Waals surface area contributed by atoms with Crippen LogP contribution in [-0.2, 0) is 4.79 Å². The standard InChI is InChI=1S/C15H27NO2/c1-4-8-14(17)13(11-15(18)16(2)3)12-9-6-5-7-10-12/h11-12,14,17H,4-10H2,1-3H3/b13-11+. The molecule has 1 aliphatic carbocycles. The van der Waals surface area contributed by atoms with Gasteiger partial charge in [-0.3, -0.25) is 4.79 Å². The fraction of sp³-hybridized carbons (Fsp3) is 0.800. The van der Waals surface area contributed by atoms with Gasteiger partial charge in [-0.05, 0) is 30.8 Å². The highest BCUT2D eigenvalue weighted by Crippen LogP contribution is 2.32. The molecule has 1 N–H and O–H groups in total. The first kappa shape index (κ1) is 15.2. The lowest BCUT2D eigenvalue weighted by Crippen LogP contribution is -2.25. The highest BCUT2D eigenvalue weighted by molar-refractivity contribution is 5.88. The summed E-state index contributed by atoms with van der Waals surface area (Å²) in [6.45, 7) is 2.06. The molecule has 1 atom stereocenters. The normalized spacial score (nSPS) is 19.7. The molecule has 0 bridgehead atoms. The zero-order valence-electron chi connectivity index (χ0n) is 12.0. The quantitative estimate of drug-likeness (QED) is 0.765. The molecule has 0 heterocycles. The van der Waals surface area contributed by atoms with Crippen LogP contribution in [0.1, 0.15) is 51.9 Å². The highest BCUT2D eigenvalue weighted by atomic mass is 16.3. The van der Waals surface area contributed by atoms with Gasteiger partial charge in [0.2, 0.25) is 5.91 Å². The largest absolute Gasteiger partial charge is 0.389 e. The Morgan fingerprint density at radius 2 is 1.94 bits per heavy atom. The summed E-state index contributed by atoms with van der Waals surface area (Å²) in [7, 11) is 3.51. The van der Waals surface area contributed by atoms with Gasteiger partial charge in [0.25, 0.3) is 0 Å². The summed E-state index contributed by atoms with van der Waals surface area (Å²) in [6, 6.07) is 0. The lowest BCUT2D eigenvalue weighted by molar-refractivity contribution is -0.123. The van der Waals surface area contributed by atoms with E-state index in [2.05, 4.69) is 6.92 Å². The predicted octanol–water partition coefficient (Wildman–Crippen LogP) is 2.74. The zero-order chi connectivity index (χ0) is 13.5. The van der Waals surface area contributed by atoms with Gasteiger partial charge in [-0.1, -0.05) is 32.6 Å². The van der Waals surface area contributed by atoms with Gasteiger partial charge in [0.1, 0.15) is 0 Å². The molecule has 1 rings (SSSR count). The monoisotopic (exact) mass is 253 g/mol. The van der Waals surface area contributed by atoms with Gasteiger partial charge in [-0.15, -0.1) is 0 Å². The van der Waals surface area contributed by atoms with Crippen LogP contribution < -0.4 is 0 Å². The van der Waals surface area contributed by atoms with E-state index in [1.54, 1.807) is 25.1 Å². The third-order valence-electron chi connectivity index (χ3n) is 3.75. The second kappa shape index (κ2) is 7.57. The van der Waals surface area contributed by atoms with Crippen molar-refractivity contribution in [3.05, 3.63) is 11.6 Å². The second-order valence-electron chi connectivity index (χ2n) is 5.52. The van der Waals surface area contributed by atoms with E-state index in [-0.39, 0.29) is 5.91 Å². The fourth-order valence-corrected chi connectivity index (χ4v) is 2.63. The Balaban J connectivity index is 2.82. The summed E-state index contributed by atoms with van der Waals surface area (Å²) in [6.07, 6.45) is 8.90. The fourth-order valence-electron chi connectivity index (χ4n) is 2.63. The SMILES string of the molecule is CCCC(O)/C(=C/C(=O)N(C)C)C1CCCCC1. The Morgan fingerprint density at radius 3 is 2.44 bits per heavy atom. The molecular weight excluding hydrogens is 226 g/mol. The van der Waals surface area contributed by atoms with Gasteiger partial charge >= 0.3 is 0 Å².